The number of carbonyl (C=O) groups is 2. The monoisotopic (exact) mass is 373 g/mol. The Balaban J connectivity index is 1.69. The Morgan fingerprint density at radius 1 is 0.893 bits per heavy atom. The molecule has 0 radical (unpaired) electrons. The van der Waals surface area contributed by atoms with Crippen molar-refractivity contribution in [2.45, 2.75) is 27.3 Å². The van der Waals surface area contributed by atoms with Gasteiger partial charge >= 0.3 is 0 Å². The Morgan fingerprint density at radius 2 is 1.68 bits per heavy atom. The van der Waals surface area contributed by atoms with Crippen molar-refractivity contribution in [1.29, 1.82) is 0 Å². The number of hydrogen-bond acceptors (Lipinski definition) is 3. The van der Waals surface area contributed by atoms with Crippen LogP contribution in [0.4, 0.5) is 5.69 Å². The number of benzene rings is 2. The van der Waals surface area contributed by atoms with Crippen molar-refractivity contribution in [3.63, 3.8) is 0 Å². The van der Waals surface area contributed by atoms with Gasteiger partial charge in [0.15, 0.2) is 0 Å². The van der Waals surface area contributed by atoms with E-state index in [9.17, 15) is 9.59 Å². The molecule has 0 fully saturated rings. The molecule has 142 valence electrons. The summed E-state index contributed by atoms with van der Waals surface area (Å²) >= 11 is 0. The van der Waals surface area contributed by atoms with E-state index in [0.717, 1.165) is 27.9 Å². The minimum Gasteiger partial charge on any atom is -0.348 e. The van der Waals surface area contributed by atoms with Crippen LogP contribution >= 0.6 is 0 Å². The Bertz CT molecular complexity index is 1030. The molecule has 0 bridgehead atoms. The molecule has 3 rings (SSSR count). The van der Waals surface area contributed by atoms with Crippen LogP contribution in [0.15, 0.2) is 60.8 Å². The van der Waals surface area contributed by atoms with Gasteiger partial charge in [0.05, 0.1) is 0 Å². The summed E-state index contributed by atoms with van der Waals surface area (Å²) in [5.74, 6) is -0.591. The smallest absolute Gasteiger partial charge is 0.274 e. The molecule has 0 spiro atoms. The fourth-order valence-electron chi connectivity index (χ4n) is 2.92. The summed E-state index contributed by atoms with van der Waals surface area (Å²) in [5.41, 5.74) is 5.59. The third-order valence-electron chi connectivity index (χ3n) is 4.59. The third-order valence-corrected chi connectivity index (χ3v) is 4.59. The first-order valence-electron chi connectivity index (χ1n) is 9.11. The Morgan fingerprint density at radius 3 is 2.43 bits per heavy atom. The lowest BCUT2D eigenvalue weighted by Crippen LogP contribution is -2.24. The lowest BCUT2D eigenvalue weighted by atomic mass is 10.1. The van der Waals surface area contributed by atoms with E-state index in [1.807, 2.05) is 63.2 Å². The molecular weight excluding hydrogens is 350 g/mol. The highest BCUT2D eigenvalue weighted by molar-refractivity contribution is 6.05. The number of aromatic nitrogens is 1. The maximum Gasteiger partial charge on any atom is 0.274 e. The second kappa shape index (κ2) is 8.48. The van der Waals surface area contributed by atoms with Gasteiger partial charge in [-0.1, -0.05) is 42.0 Å². The van der Waals surface area contributed by atoms with Gasteiger partial charge in [-0.05, 0) is 55.7 Å². The average molecular weight is 373 g/mol. The van der Waals surface area contributed by atoms with Crippen molar-refractivity contribution in [1.82, 2.24) is 10.3 Å². The first-order chi connectivity index (χ1) is 13.4. The van der Waals surface area contributed by atoms with Crippen LogP contribution in [-0.2, 0) is 6.54 Å². The molecule has 28 heavy (non-hydrogen) atoms. The molecule has 2 amide bonds. The van der Waals surface area contributed by atoms with Gasteiger partial charge in [-0.3, -0.25) is 14.6 Å². The summed E-state index contributed by atoms with van der Waals surface area (Å²) in [6.07, 6.45) is 1.47. The molecule has 5 nitrogen and oxygen atoms in total. The van der Waals surface area contributed by atoms with Crippen LogP contribution in [0.2, 0.25) is 0 Å². The topological polar surface area (TPSA) is 71.1 Å². The molecule has 0 saturated heterocycles. The lowest BCUT2D eigenvalue weighted by molar-refractivity contribution is 0.0950. The summed E-state index contributed by atoms with van der Waals surface area (Å²) in [6.45, 7) is 6.37. The highest BCUT2D eigenvalue weighted by Crippen LogP contribution is 2.17. The molecule has 1 heterocycles. The quantitative estimate of drug-likeness (QED) is 0.704. The number of nitrogens with zero attached hydrogens (tertiary/aromatic N) is 1. The molecular formula is C23H23N3O2. The standard InChI is InChI=1S/C23H23N3O2/c1-15-8-9-20(17(3)12-15)26-23(28)21-13-18(10-11-24-21)22(27)25-14-19-7-5-4-6-16(19)2/h4-13H,14H2,1-3H3,(H,25,27)(H,26,28). The van der Waals surface area contributed by atoms with Crippen LogP contribution in [0.5, 0.6) is 0 Å². The Hall–Kier alpha value is -3.47. The van der Waals surface area contributed by atoms with Crippen molar-refractivity contribution >= 4 is 17.5 Å². The van der Waals surface area contributed by atoms with Crippen molar-refractivity contribution in [3.8, 4) is 0 Å². The van der Waals surface area contributed by atoms with Gasteiger partial charge in [-0.15, -0.1) is 0 Å². The third kappa shape index (κ3) is 4.62. The minimum atomic E-state index is -0.347. The predicted molar refractivity (Wildman–Crippen MR) is 110 cm³/mol. The molecule has 0 aliphatic carbocycles. The van der Waals surface area contributed by atoms with Crippen molar-refractivity contribution in [2.24, 2.45) is 0 Å². The summed E-state index contributed by atoms with van der Waals surface area (Å²) in [5, 5.41) is 5.74. The van der Waals surface area contributed by atoms with E-state index in [0.29, 0.717) is 12.1 Å². The van der Waals surface area contributed by atoms with Crippen LogP contribution in [0.1, 0.15) is 43.1 Å². The number of amides is 2. The SMILES string of the molecule is Cc1ccc(NC(=O)c2cc(C(=O)NCc3ccccc3C)ccn2)c(C)c1. The maximum absolute atomic E-state index is 12.5. The summed E-state index contributed by atoms with van der Waals surface area (Å²) in [6, 6.07) is 16.8. The largest absolute Gasteiger partial charge is 0.348 e. The van der Waals surface area contributed by atoms with Crippen molar-refractivity contribution < 1.29 is 9.59 Å². The molecule has 0 atom stereocenters. The van der Waals surface area contributed by atoms with E-state index < -0.39 is 0 Å². The first-order valence-corrected chi connectivity index (χ1v) is 9.11. The molecule has 0 aliphatic rings. The van der Waals surface area contributed by atoms with Gasteiger partial charge in [0.25, 0.3) is 11.8 Å². The van der Waals surface area contributed by atoms with Crippen LogP contribution in [-0.4, -0.2) is 16.8 Å². The van der Waals surface area contributed by atoms with Crippen LogP contribution in [0.25, 0.3) is 0 Å². The van der Waals surface area contributed by atoms with Gasteiger partial charge in [0.2, 0.25) is 0 Å². The van der Waals surface area contributed by atoms with E-state index in [2.05, 4.69) is 15.6 Å². The number of hydrogen-bond donors (Lipinski definition) is 2. The molecule has 2 aromatic carbocycles. The van der Waals surface area contributed by atoms with Crippen molar-refractivity contribution in [3.05, 3.63) is 94.3 Å². The van der Waals surface area contributed by atoms with E-state index in [4.69, 9.17) is 0 Å². The number of rotatable bonds is 5. The number of pyridine rings is 1. The minimum absolute atomic E-state index is 0.198. The molecule has 0 unspecified atom stereocenters. The average Bonchev–Trinajstić information content (AvgIpc) is 2.69. The molecule has 1 aromatic heterocycles. The fourth-order valence-corrected chi connectivity index (χ4v) is 2.92. The predicted octanol–water partition coefficient (Wildman–Crippen LogP) is 4.19. The number of anilines is 1. The zero-order chi connectivity index (χ0) is 20.1. The summed E-state index contributed by atoms with van der Waals surface area (Å²) < 4.78 is 0. The van der Waals surface area contributed by atoms with Gasteiger partial charge in [0, 0.05) is 24.0 Å². The van der Waals surface area contributed by atoms with Crippen LogP contribution in [0.3, 0.4) is 0 Å². The Labute approximate surface area is 164 Å². The van der Waals surface area contributed by atoms with Gasteiger partial charge in [-0.2, -0.15) is 0 Å². The summed E-state index contributed by atoms with van der Waals surface area (Å²) in [4.78, 5) is 29.1. The molecule has 0 saturated carbocycles. The highest BCUT2D eigenvalue weighted by Gasteiger charge is 2.13. The molecule has 2 N–H and O–H groups in total. The van der Waals surface area contributed by atoms with Gasteiger partial charge in [0.1, 0.15) is 5.69 Å². The van der Waals surface area contributed by atoms with E-state index in [1.54, 1.807) is 6.07 Å². The maximum atomic E-state index is 12.5. The first kappa shape index (κ1) is 19.3. The second-order valence-electron chi connectivity index (χ2n) is 6.81. The highest BCUT2D eigenvalue weighted by atomic mass is 16.2. The van der Waals surface area contributed by atoms with Crippen molar-refractivity contribution in [2.75, 3.05) is 5.32 Å². The Kier molecular flexibility index (Phi) is 5.84. The van der Waals surface area contributed by atoms with E-state index >= 15 is 0 Å². The van der Waals surface area contributed by atoms with E-state index in [-0.39, 0.29) is 17.5 Å². The number of carbonyl (C=O) groups excluding carboxylic acids is 2. The van der Waals surface area contributed by atoms with Gasteiger partial charge in [-0.25, -0.2) is 0 Å². The number of aryl methyl sites for hydroxylation is 3. The molecule has 0 aliphatic heterocycles. The molecule has 5 heteroatoms. The lowest BCUT2D eigenvalue weighted by Gasteiger charge is -2.10. The second-order valence-corrected chi connectivity index (χ2v) is 6.81. The summed E-state index contributed by atoms with van der Waals surface area (Å²) in [7, 11) is 0. The van der Waals surface area contributed by atoms with Crippen LogP contribution in [0, 0.1) is 20.8 Å². The van der Waals surface area contributed by atoms with E-state index in [1.165, 1.54) is 12.3 Å². The fraction of sp³-hybridized carbons (Fsp3) is 0.174. The zero-order valence-corrected chi connectivity index (χ0v) is 16.2. The van der Waals surface area contributed by atoms with Gasteiger partial charge < -0.3 is 10.6 Å². The number of nitrogens with one attached hydrogen (secondary N) is 2. The van der Waals surface area contributed by atoms with Crippen LogP contribution < -0.4 is 10.6 Å². The zero-order valence-electron chi connectivity index (χ0n) is 16.2. The normalized spacial score (nSPS) is 10.4. The molecule has 3 aromatic rings.